The van der Waals surface area contributed by atoms with Crippen molar-refractivity contribution < 1.29 is 0 Å². The molecule has 0 radical (unpaired) electrons. The molecule has 1 aromatic heterocycles. The summed E-state index contributed by atoms with van der Waals surface area (Å²) in [7, 11) is 0. The van der Waals surface area contributed by atoms with Gasteiger partial charge in [0, 0.05) is 11.6 Å². The zero-order valence-corrected chi connectivity index (χ0v) is 12.5. The molecule has 20 heavy (non-hydrogen) atoms. The lowest BCUT2D eigenvalue weighted by atomic mass is 10.1. The van der Waals surface area contributed by atoms with Gasteiger partial charge in [-0.2, -0.15) is 5.26 Å². The maximum atomic E-state index is 9.46. The fraction of sp³-hybridized carbons (Fsp3) is 0.267. The van der Waals surface area contributed by atoms with Crippen LogP contribution in [0.15, 0.2) is 35.5 Å². The maximum absolute atomic E-state index is 9.46. The Labute approximate surface area is 123 Å². The quantitative estimate of drug-likeness (QED) is 0.687. The van der Waals surface area contributed by atoms with Crippen LogP contribution in [0.1, 0.15) is 19.4 Å². The second-order valence-corrected chi connectivity index (χ2v) is 5.33. The average Bonchev–Trinajstić information content (AvgIpc) is 2.46. The molecule has 4 nitrogen and oxygen atoms in total. The lowest BCUT2D eigenvalue weighted by Crippen LogP contribution is -2.14. The number of hydrogen-bond acceptors (Lipinski definition) is 5. The number of benzene rings is 1. The summed E-state index contributed by atoms with van der Waals surface area (Å²) in [6, 6.07) is 12.1. The van der Waals surface area contributed by atoms with Gasteiger partial charge in [-0.05, 0) is 20.1 Å². The Bertz CT molecular complexity index is 632. The molecule has 0 saturated carbocycles. The molecule has 2 rings (SSSR count). The first kappa shape index (κ1) is 14.4. The molecule has 1 N–H and O–H groups in total. The first-order chi connectivity index (χ1) is 9.65. The van der Waals surface area contributed by atoms with E-state index in [1.807, 2.05) is 50.4 Å². The Hall–Kier alpha value is -2.06. The number of aromatic nitrogens is 2. The van der Waals surface area contributed by atoms with Crippen LogP contribution in [-0.4, -0.2) is 22.3 Å². The summed E-state index contributed by atoms with van der Waals surface area (Å²) in [5.74, 6) is 0.598. The van der Waals surface area contributed by atoms with Crippen LogP contribution >= 0.6 is 11.8 Å². The number of anilines is 1. The standard InChI is InChI=1S/C15H16N4S/c1-10(2)17-14-12(9-16)13(18-15(19-14)20-3)11-7-5-4-6-8-11/h4-8,10H,1-3H3,(H,17,18,19). The fourth-order valence-electron chi connectivity index (χ4n) is 1.82. The van der Waals surface area contributed by atoms with E-state index in [1.54, 1.807) is 0 Å². The second-order valence-electron chi connectivity index (χ2n) is 4.56. The summed E-state index contributed by atoms with van der Waals surface area (Å²) >= 11 is 1.47. The first-order valence-electron chi connectivity index (χ1n) is 6.33. The van der Waals surface area contributed by atoms with E-state index in [1.165, 1.54) is 11.8 Å². The SMILES string of the molecule is CSc1nc(NC(C)C)c(C#N)c(-c2ccccc2)n1. The van der Waals surface area contributed by atoms with Gasteiger partial charge >= 0.3 is 0 Å². The third-order valence-electron chi connectivity index (χ3n) is 2.66. The molecular weight excluding hydrogens is 268 g/mol. The molecule has 0 saturated heterocycles. The summed E-state index contributed by atoms with van der Waals surface area (Å²) in [4.78, 5) is 8.90. The Kier molecular flexibility index (Phi) is 4.59. The summed E-state index contributed by atoms with van der Waals surface area (Å²) in [6.45, 7) is 4.04. The van der Waals surface area contributed by atoms with E-state index in [4.69, 9.17) is 0 Å². The van der Waals surface area contributed by atoms with Crippen LogP contribution in [0.2, 0.25) is 0 Å². The Balaban J connectivity index is 2.63. The molecule has 0 fully saturated rings. The van der Waals surface area contributed by atoms with Gasteiger partial charge in [0.05, 0.1) is 5.69 Å². The minimum absolute atomic E-state index is 0.204. The van der Waals surface area contributed by atoms with Crippen LogP contribution in [0.3, 0.4) is 0 Å². The van der Waals surface area contributed by atoms with Crippen molar-refractivity contribution in [3.8, 4) is 17.3 Å². The summed E-state index contributed by atoms with van der Waals surface area (Å²) in [5.41, 5.74) is 2.09. The largest absolute Gasteiger partial charge is 0.367 e. The Morgan fingerprint density at radius 3 is 2.45 bits per heavy atom. The highest BCUT2D eigenvalue weighted by molar-refractivity contribution is 7.98. The van der Waals surface area contributed by atoms with Gasteiger partial charge in [-0.25, -0.2) is 9.97 Å². The van der Waals surface area contributed by atoms with Crippen molar-refractivity contribution >= 4 is 17.6 Å². The van der Waals surface area contributed by atoms with Gasteiger partial charge in [-0.3, -0.25) is 0 Å². The van der Waals surface area contributed by atoms with Gasteiger partial charge in [0.25, 0.3) is 0 Å². The molecule has 0 aliphatic heterocycles. The number of thioether (sulfide) groups is 1. The van der Waals surface area contributed by atoms with Crippen LogP contribution in [0.25, 0.3) is 11.3 Å². The Morgan fingerprint density at radius 1 is 1.20 bits per heavy atom. The maximum Gasteiger partial charge on any atom is 0.189 e. The van der Waals surface area contributed by atoms with E-state index in [2.05, 4.69) is 21.4 Å². The van der Waals surface area contributed by atoms with Crippen molar-refractivity contribution in [1.82, 2.24) is 9.97 Å². The fourth-order valence-corrected chi connectivity index (χ4v) is 2.19. The molecule has 0 bridgehead atoms. The van der Waals surface area contributed by atoms with E-state index in [0.29, 0.717) is 22.2 Å². The van der Waals surface area contributed by atoms with Crippen LogP contribution in [0.4, 0.5) is 5.82 Å². The van der Waals surface area contributed by atoms with Crippen molar-refractivity contribution in [3.05, 3.63) is 35.9 Å². The normalized spacial score (nSPS) is 10.3. The molecule has 0 spiro atoms. The van der Waals surface area contributed by atoms with Crippen LogP contribution in [0, 0.1) is 11.3 Å². The molecule has 0 unspecified atom stereocenters. The summed E-state index contributed by atoms with van der Waals surface area (Å²) in [5, 5.41) is 13.3. The Morgan fingerprint density at radius 2 is 1.90 bits per heavy atom. The molecular formula is C15H16N4S. The number of nitrogens with one attached hydrogen (secondary N) is 1. The number of rotatable bonds is 4. The highest BCUT2D eigenvalue weighted by atomic mass is 32.2. The van der Waals surface area contributed by atoms with Crippen molar-refractivity contribution in [1.29, 1.82) is 5.26 Å². The average molecular weight is 284 g/mol. The third kappa shape index (κ3) is 3.09. The topological polar surface area (TPSA) is 61.6 Å². The van der Waals surface area contributed by atoms with Crippen molar-refractivity contribution in [2.45, 2.75) is 25.0 Å². The molecule has 2 aromatic rings. The van der Waals surface area contributed by atoms with Crippen LogP contribution in [-0.2, 0) is 0 Å². The van der Waals surface area contributed by atoms with Crippen molar-refractivity contribution in [3.63, 3.8) is 0 Å². The van der Waals surface area contributed by atoms with E-state index in [0.717, 1.165) is 5.56 Å². The monoisotopic (exact) mass is 284 g/mol. The van der Waals surface area contributed by atoms with E-state index in [9.17, 15) is 5.26 Å². The van der Waals surface area contributed by atoms with E-state index in [-0.39, 0.29) is 6.04 Å². The van der Waals surface area contributed by atoms with Gasteiger partial charge in [0.1, 0.15) is 17.5 Å². The van der Waals surface area contributed by atoms with E-state index >= 15 is 0 Å². The first-order valence-corrected chi connectivity index (χ1v) is 7.56. The zero-order chi connectivity index (χ0) is 14.5. The van der Waals surface area contributed by atoms with Crippen LogP contribution < -0.4 is 5.32 Å². The molecule has 0 aliphatic carbocycles. The van der Waals surface area contributed by atoms with Crippen molar-refractivity contribution in [2.24, 2.45) is 0 Å². The lowest BCUT2D eigenvalue weighted by Gasteiger charge is -2.14. The molecule has 1 heterocycles. The number of hydrogen-bond donors (Lipinski definition) is 1. The van der Waals surface area contributed by atoms with Gasteiger partial charge in [-0.15, -0.1) is 0 Å². The van der Waals surface area contributed by atoms with Crippen molar-refractivity contribution in [2.75, 3.05) is 11.6 Å². The lowest BCUT2D eigenvalue weighted by molar-refractivity contribution is 0.866. The van der Waals surface area contributed by atoms with Gasteiger partial charge < -0.3 is 5.32 Å². The molecule has 102 valence electrons. The predicted octanol–water partition coefficient (Wildman–Crippen LogP) is 3.56. The predicted molar refractivity (Wildman–Crippen MR) is 82.7 cm³/mol. The summed E-state index contributed by atoms with van der Waals surface area (Å²) in [6.07, 6.45) is 1.93. The third-order valence-corrected chi connectivity index (χ3v) is 3.20. The highest BCUT2D eigenvalue weighted by Gasteiger charge is 2.16. The minimum atomic E-state index is 0.204. The van der Waals surface area contributed by atoms with Gasteiger partial charge in [-0.1, -0.05) is 42.1 Å². The molecule has 0 amide bonds. The number of nitrogens with zero attached hydrogens (tertiary/aromatic N) is 3. The van der Waals surface area contributed by atoms with E-state index < -0.39 is 0 Å². The summed E-state index contributed by atoms with van der Waals surface area (Å²) < 4.78 is 0. The minimum Gasteiger partial charge on any atom is -0.367 e. The molecule has 0 atom stereocenters. The molecule has 5 heteroatoms. The molecule has 0 aliphatic rings. The second kappa shape index (κ2) is 6.40. The highest BCUT2D eigenvalue weighted by Crippen LogP contribution is 2.28. The van der Waals surface area contributed by atoms with Crippen LogP contribution in [0.5, 0.6) is 0 Å². The smallest absolute Gasteiger partial charge is 0.189 e. The number of nitriles is 1. The molecule has 1 aromatic carbocycles. The van der Waals surface area contributed by atoms with Gasteiger partial charge in [0.15, 0.2) is 5.16 Å². The zero-order valence-electron chi connectivity index (χ0n) is 11.7. The van der Waals surface area contributed by atoms with Gasteiger partial charge in [0.2, 0.25) is 0 Å².